The lowest BCUT2D eigenvalue weighted by atomic mass is 10.1. The van der Waals surface area contributed by atoms with E-state index in [0.717, 1.165) is 0 Å². The molecule has 0 aromatic carbocycles. The van der Waals surface area contributed by atoms with E-state index in [1.54, 1.807) is 0 Å². The summed E-state index contributed by atoms with van der Waals surface area (Å²) in [5.74, 6) is -0.187. The Morgan fingerprint density at radius 2 is 1.68 bits per heavy atom. The maximum Gasteiger partial charge on any atom is 0.481 e. The first-order valence-electron chi connectivity index (χ1n) is 13.9. The number of rotatable bonds is 13. The molecule has 2 fully saturated rings. The summed E-state index contributed by atoms with van der Waals surface area (Å²) in [6.07, 6.45) is -7.77. The fraction of sp³-hybridized carbons (Fsp3) is 0.500. The maximum atomic E-state index is 12.6. The molecule has 1 amide bonds. The monoisotopic (exact) mass is 723 g/mol. The molecule has 10 atom stereocenters. The number of nitrogen functional groups attached to an aromatic ring is 1. The normalized spacial score (nSPS) is 30.4. The van der Waals surface area contributed by atoms with Gasteiger partial charge in [-0.3, -0.25) is 18.4 Å². The van der Waals surface area contributed by atoms with E-state index in [1.807, 2.05) is 6.92 Å². The standard InChI is InChI=1S/C24H32N6O14P2S/c1-2-47-24-28-15-12(25)5-6-27-21(15)30(24)23-19(34)17(32)14(43-23)10-41-46(38,39)44-45(36,37)40-9-13-16(31)18(33)22(42-13)29-7-3-4-11(8-29)20(26)35/h3-8,13-14,16-19,22-23,31-34H,2,9-10H2,1H3,(H5-,25,26,27,35,36,37,38,39)/p+1/t13-,14+,16?,17-,18+,19?,22-,23+/m0/s1. The number of aliphatic hydroxyl groups excluding tert-OH is 4. The fourth-order valence-electron chi connectivity index (χ4n) is 4.95. The van der Waals surface area contributed by atoms with Gasteiger partial charge in [-0.15, -0.1) is 0 Å². The molecule has 3 aromatic heterocycles. The van der Waals surface area contributed by atoms with Gasteiger partial charge in [0.1, 0.15) is 41.6 Å². The smallest absolute Gasteiger partial charge is 0.397 e. The van der Waals surface area contributed by atoms with Crippen molar-refractivity contribution in [3.8, 4) is 0 Å². The zero-order valence-electron chi connectivity index (χ0n) is 24.4. The third kappa shape index (κ3) is 7.69. The number of nitrogens with two attached hydrogens (primary N) is 2. The first-order chi connectivity index (χ1) is 22.1. The van der Waals surface area contributed by atoms with Crippen LogP contribution in [-0.2, 0) is 32.0 Å². The molecular formula is C24H33N6O14P2S+. The highest BCUT2D eigenvalue weighted by Gasteiger charge is 2.50. The second-order valence-corrected chi connectivity index (χ2v) is 14.7. The number of aromatic nitrogens is 4. The van der Waals surface area contributed by atoms with Gasteiger partial charge in [0.15, 0.2) is 35.5 Å². The Bertz CT molecular complexity index is 1720. The average Bonchev–Trinajstić information content (AvgIpc) is 3.62. The van der Waals surface area contributed by atoms with Crippen molar-refractivity contribution >= 4 is 50.2 Å². The Morgan fingerprint density at radius 1 is 1.04 bits per heavy atom. The van der Waals surface area contributed by atoms with Crippen LogP contribution in [0.3, 0.4) is 0 Å². The highest BCUT2D eigenvalue weighted by molar-refractivity contribution is 7.99. The molecule has 0 aliphatic carbocycles. The van der Waals surface area contributed by atoms with Gasteiger partial charge in [0.2, 0.25) is 0 Å². The van der Waals surface area contributed by atoms with Crippen molar-refractivity contribution in [2.24, 2.45) is 5.73 Å². The summed E-state index contributed by atoms with van der Waals surface area (Å²) < 4.78 is 52.8. The van der Waals surface area contributed by atoms with E-state index >= 15 is 0 Å². The Labute approximate surface area is 270 Å². The minimum Gasteiger partial charge on any atom is -0.397 e. The quantitative estimate of drug-likeness (QED) is 0.0577. The summed E-state index contributed by atoms with van der Waals surface area (Å²) in [6.45, 7) is 0.0765. The number of carbonyl (C=O) groups excluding carboxylic acids is 1. The number of thioether (sulfide) groups is 1. The number of hydrogen-bond acceptors (Lipinski definition) is 16. The van der Waals surface area contributed by atoms with E-state index in [9.17, 15) is 44.1 Å². The maximum absolute atomic E-state index is 12.6. The van der Waals surface area contributed by atoms with Crippen LogP contribution in [0.25, 0.3) is 11.2 Å². The van der Waals surface area contributed by atoms with Crippen molar-refractivity contribution < 1.29 is 71.5 Å². The van der Waals surface area contributed by atoms with Crippen LogP contribution in [0.2, 0.25) is 0 Å². The van der Waals surface area contributed by atoms with Gasteiger partial charge in [-0.1, -0.05) is 18.7 Å². The first-order valence-corrected chi connectivity index (χ1v) is 17.8. The molecule has 23 heteroatoms. The SMILES string of the molecule is CCSc1nc2c(N)ccnc2n1[C@@H]1O[C@H](COP(=O)(O)OP(=O)(O)OC[C@@H]2O[C@H]([n+]3cccc(C(N)=O)c3)[C@H](O)C2O)[C@H](O)C1O. The molecule has 0 spiro atoms. The van der Waals surface area contributed by atoms with Crippen LogP contribution in [0.15, 0.2) is 41.9 Å². The van der Waals surface area contributed by atoms with E-state index < -0.39 is 83.8 Å². The van der Waals surface area contributed by atoms with Crippen molar-refractivity contribution in [1.82, 2.24) is 14.5 Å². The van der Waals surface area contributed by atoms with E-state index in [1.165, 1.54) is 57.7 Å². The van der Waals surface area contributed by atoms with Crippen LogP contribution in [0.5, 0.6) is 0 Å². The molecule has 3 aromatic rings. The van der Waals surface area contributed by atoms with Crippen LogP contribution < -0.4 is 16.0 Å². The summed E-state index contributed by atoms with van der Waals surface area (Å²) in [6, 6.07) is 4.38. The number of primary amides is 1. The van der Waals surface area contributed by atoms with Gasteiger partial charge < -0.3 is 51.2 Å². The van der Waals surface area contributed by atoms with Crippen molar-refractivity contribution in [1.29, 1.82) is 0 Å². The molecule has 10 N–H and O–H groups in total. The summed E-state index contributed by atoms with van der Waals surface area (Å²) in [5, 5.41) is 42.6. The summed E-state index contributed by atoms with van der Waals surface area (Å²) >= 11 is 1.28. The number of aliphatic hydroxyl groups is 4. The van der Waals surface area contributed by atoms with Crippen molar-refractivity contribution in [3.63, 3.8) is 0 Å². The molecule has 0 saturated carbocycles. The molecule has 5 rings (SSSR count). The predicted molar refractivity (Wildman–Crippen MR) is 158 cm³/mol. The van der Waals surface area contributed by atoms with Crippen LogP contribution >= 0.6 is 27.4 Å². The molecule has 5 heterocycles. The lowest BCUT2D eigenvalue weighted by Gasteiger charge is -2.20. The highest BCUT2D eigenvalue weighted by atomic mass is 32.2. The Morgan fingerprint density at radius 3 is 2.32 bits per heavy atom. The van der Waals surface area contributed by atoms with Crippen LogP contribution in [0.1, 0.15) is 29.7 Å². The second kappa shape index (κ2) is 14.1. The molecule has 258 valence electrons. The van der Waals surface area contributed by atoms with Gasteiger partial charge in [-0.05, 0) is 17.9 Å². The van der Waals surface area contributed by atoms with Crippen LogP contribution in [-0.4, -0.2) is 106 Å². The van der Waals surface area contributed by atoms with Gasteiger partial charge in [-0.2, -0.15) is 8.88 Å². The van der Waals surface area contributed by atoms with Gasteiger partial charge in [-0.25, -0.2) is 19.1 Å². The average molecular weight is 724 g/mol. The zero-order chi connectivity index (χ0) is 34.3. The molecule has 47 heavy (non-hydrogen) atoms. The van der Waals surface area contributed by atoms with Gasteiger partial charge >= 0.3 is 15.6 Å². The highest BCUT2D eigenvalue weighted by Crippen LogP contribution is 2.60. The van der Waals surface area contributed by atoms with E-state index in [0.29, 0.717) is 22.1 Å². The topological polar surface area (TPSA) is 305 Å². The number of phosphoric acid groups is 2. The summed E-state index contributed by atoms with van der Waals surface area (Å²) in [7, 11) is -10.8. The molecule has 2 aliphatic rings. The second-order valence-electron chi connectivity index (χ2n) is 10.4. The first kappa shape index (κ1) is 35.7. The van der Waals surface area contributed by atoms with E-state index in [2.05, 4.69) is 14.3 Å². The number of amides is 1. The number of imidazole rings is 1. The molecule has 2 saturated heterocycles. The molecule has 0 radical (unpaired) electrons. The van der Waals surface area contributed by atoms with Crippen molar-refractivity contribution in [2.45, 2.75) is 61.2 Å². The molecule has 2 aliphatic heterocycles. The number of anilines is 1. The summed E-state index contributed by atoms with van der Waals surface area (Å²) in [5.41, 5.74) is 12.2. The lowest BCUT2D eigenvalue weighted by Crippen LogP contribution is -2.46. The van der Waals surface area contributed by atoms with E-state index in [4.69, 9.17) is 30.0 Å². The number of hydrogen-bond donors (Lipinski definition) is 8. The van der Waals surface area contributed by atoms with Gasteiger partial charge in [0.25, 0.3) is 12.1 Å². The number of pyridine rings is 2. The lowest BCUT2D eigenvalue weighted by molar-refractivity contribution is -0.765. The van der Waals surface area contributed by atoms with Crippen LogP contribution in [0, 0.1) is 0 Å². The van der Waals surface area contributed by atoms with Crippen molar-refractivity contribution in [3.05, 3.63) is 42.4 Å². The number of carbonyl (C=O) groups is 1. The molecule has 4 unspecified atom stereocenters. The summed E-state index contributed by atoms with van der Waals surface area (Å²) in [4.78, 5) is 40.4. The minimum absolute atomic E-state index is 0.0719. The third-order valence-corrected chi connectivity index (χ3v) is 10.6. The van der Waals surface area contributed by atoms with Crippen LogP contribution in [0.4, 0.5) is 5.69 Å². The van der Waals surface area contributed by atoms with Crippen molar-refractivity contribution in [2.75, 3.05) is 24.7 Å². The fourth-order valence-corrected chi connectivity index (χ4v) is 7.79. The Balaban J connectivity index is 1.19. The minimum atomic E-state index is -5.39. The Kier molecular flexibility index (Phi) is 10.7. The number of nitrogens with zero attached hydrogens (tertiary/aromatic N) is 4. The largest absolute Gasteiger partial charge is 0.481 e. The van der Waals surface area contributed by atoms with Gasteiger partial charge in [0.05, 0.1) is 18.9 Å². The zero-order valence-corrected chi connectivity index (χ0v) is 27.0. The van der Waals surface area contributed by atoms with Gasteiger partial charge in [0, 0.05) is 12.3 Å². The third-order valence-electron chi connectivity index (χ3n) is 7.19. The molecule has 0 bridgehead atoms. The number of ether oxygens (including phenoxy) is 2. The number of fused-ring (bicyclic) bond motifs is 1. The van der Waals surface area contributed by atoms with E-state index in [-0.39, 0.29) is 11.2 Å². The molecule has 20 nitrogen and oxygen atoms in total. The predicted octanol–water partition coefficient (Wildman–Crippen LogP) is -1.30. The molecular weight excluding hydrogens is 690 g/mol. The number of phosphoric ester groups is 2. The Hall–Kier alpha value is -2.59.